The number of fused-ring (bicyclic) bond motifs is 4. The molecule has 48 heavy (non-hydrogen) atoms. The molecule has 9 heteroatoms. The molecule has 4 aromatic carbocycles. The average molecular weight is 666 g/mol. The Labute approximate surface area is 283 Å². The Morgan fingerprint density at radius 1 is 0.979 bits per heavy atom. The molecule has 2 aromatic heterocycles. The highest BCUT2D eigenvalue weighted by atomic mass is 35.5. The molecule has 3 heterocycles. The number of carbonyl (C=O) groups is 1. The van der Waals surface area contributed by atoms with Gasteiger partial charge < -0.3 is 18.8 Å². The summed E-state index contributed by atoms with van der Waals surface area (Å²) >= 11 is 7.14. The van der Waals surface area contributed by atoms with Crippen molar-refractivity contribution < 1.29 is 23.4 Å². The van der Waals surface area contributed by atoms with Gasteiger partial charge in [-0.1, -0.05) is 61.0 Å². The van der Waals surface area contributed by atoms with E-state index in [1.807, 2.05) is 61.1 Å². The molecule has 0 amide bonds. The number of aromatic nitrogens is 3. The number of rotatable bonds is 8. The smallest absolute Gasteiger partial charge is 0.355 e. The summed E-state index contributed by atoms with van der Waals surface area (Å²) in [5.41, 5.74) is 7.98. The third-order valence-electron chi connectivity index (χ3n) is 9.14. The summed E-state index contributed by atoms with van der Waals surface area (Å²) < 4.78 is 36.1. The van der Waals surface area contributed by atoms with Crippen LogP contribution in [0, 0.1) is 5.82 Å². The third-order valence-corrected chi connectivity index (χ3v) is 9.46. The average Bonchev–Trinajstić information content (AvgIpc) is 3.55. The minimum Gasteiger partial charge on any atom is -0.493 e. The van der Waals surface area contributed by atoms with E-state index < -0.39 is 0 Å². The molecule has 0 bridgehead atoms. The van der Waals surface area contributed by atoms with Crippen molar-refractivity contribution in [2.75, 3.05) is 13.2 Å². The van der Waals surface area contributed by atoms with Crippen LogP contribution < -0.4 is 4.74 Å². The first-order valence-electron chi connectivity index (χ1n) is 16.4. The molecule has 0 unspecified atom stereocenters. The fourth-order valence-corrected chi connectivity index (χ4v) is 7.30. The van der Waals surface area contributed by atoms with Gasteiger partial charge in [0.2, 0.25) is 0 Å². The molecule has 1 aliphatic heterocycles. The molecule has 0 N–H and O–H groups in total. The Bertz CT molecular complexity index is 2170. The van der Waals surface area contributed by atoms with Gasteiger partial charge >= 0.3 is 5.97 Å². The number of esters is 1. The number of ether oxygens (including phenoxy) is 3. The summed E-state index contributed by atoms with van der Waals surface area (Å²) in [6.07, 6.45) is 1.93. The first-order valence-corrected chi connectivity index (χ1v) is 16.8. The maximum Gasteiger partial charge on any atom is 0.355 e. The van der Waals surface area contributed by atoms with E-state index in [9.17, 15) is 9.18 Å². The van der Waals surface area contributed by atoms with Crippen LogP contribution in [0.15, 0.2) is 72.8 Å². The Kier molecular flexibility index (Phi) is 8.94. The zero-order valence-corrected chi connectivity index (χ0v) is 28.1. The fourth-order valence-electron chi connectivity index (χ4n) is 7.05. The molecule has 6 aromatic rings. The van der Waals surface area contributed by atoms with E-state index in [-0.39, 0.29) is 18.4 Å². The van der Waals surface area contributed by atoms with E-state index >= 15 is 0 Å². The lowest BCUT2D eigenvalue weighted by Gasteiger charge is -2.16. The number of hydrogen-bond acceptors (Lipinski definition) is 5. The van der Waals surface area contributed by atoms with Crippen LogP contribution >= 0.6 is 11.6 Å². The molecule has 0 atom stereocenters. The third kappa shape index (κ3) is 5.73. The minimum absolute atomic E-state index is 0.245. The molecule has 246 valence electrons. The van der Waals surface area contributed by atoms with Crippen LogP contribution in [0.1, 0.15) is 58.8 Å². The van der Waals surface area contributed by atoms with E-state index in [0.717, 1.165) is 67.3 Å². The van der Waals surface area contributed by atoms with Gasteiger partial charge in [-0.25, -0.2) is 9.18 Å². The van der Waals surface area contributed by atoms with Crippen molar-refractivity contribution >= 4 is 39.2 Å². The summed E-state index contributed by atoms with van der Waals surface area (Å²) in [4.78, 5) is 14.0. The number of benzene rings is 4. The molecule has 0 radical (unpaired) electrons. The molecule has 0 saturated heterocycles. The quantitative estimate of drug-likeness (QED) is 0.120. The van der Waals surface area contributed by atoms with Gasteiger partial charge in [0.15, 0.2) is 0 Å². The summed E-state index contributed by atoms with van der Waals surface area (Å²) in [6, 6.07) is 22.4. The topological polar surface area (TPSA) is 67.5 Å². The lowest BCUT2D eigenvalue weighted by atomic mass is 9.97. The summed E-state index contributed by atoms with van der Waals surface area (Å²) in [5, 5.41) is 8.04. The standard InChI is InChI=1S/C39H37ClFN3O4/c1-4-33-36-32(42-43(33)3)23-46-22-26-11-7-6-10-25(26)21-44-37-30(17-18-31(40)35(36)37)29(38(44)39(45)47-5-2)13-9-19-48-34-14-8-12-24-20-27(41)15-16-28(24)34/h6-8,10-12,14-18,20H,4-5,9,13,19,21-23H2,1-3H3. The van der Waals surface area contributed by atoms with Crippen LogP contribution in [0.4, 0.5) is 4.39 Å². The van der Waals surface area contributed by atoms with Crippen molar-refractivity contribution in [3.8, 4) is 16.9 Å². The molecule has 0 spiro atoms. The highest BCUT2D eigenvalue weighted by molar-refractivity contribution is 6.35. The van der Waals surface area contributed by atoms with Crippen LogP contribution in [0.2, 0.25) is 5.02 Å². The second kappa shape index (κ2) is 13.5. The van der Waals surface area contributed by atoms with E-state index in [1.54, 1.807) is 6.07 Å². The monoisotopic (exact) mass is 665 g/mol. The minimum atomic E-state index is -0.381. The maximum atomic E-state index is 14.0. The lowest BCUT2D eigenvalue weighted by molar-refractivity contribution is 0.0513. The maximum absolute atomic E-state index is 14.0. The van der Waals surface area contributed by atoms with Crippen LogP contribution in [0.5, 0.6) is 5.75 Å². The highest BCUT2D eigenvalue weighted by Gasteiger charge is 2.30. The lowest BCUT2D eigenvalue weighted by Crippen LogP contribution is -2.16. The van der Waals surface area contributed by atoms with Crippen molar-refractivity contribution in [2.45, 2.75) is 52.9 Å². The van der Waals surface area contributed by atoms with E-state index in [0.29, 0.717) is 55.7 Å². The van der Waals surface area contributed by atoms with Gasteiger partial charge in [0.25, 0.3) is 0 Å². The summed E-state index contributed by atoms with van der Waals surface area (Å²) in [7, 11) is 1.95. The van der Waals surface area contributed by atoms with Crippen LogP contribution in [-0.4, -0.2) is 33.5 Å². The zero-order chi connectivity index (χ0) is 33.4. The molecule has 7 rings (SSSR count). The molecule has 0 saturated carbocycles. The zero-order valence-electron chi connectivity index (χ0n) is 27.3. The van der Waals surface area contributed by atoms with Crippen LogP contribution in [0.25, 0.3) is 32.8 Å². The number of aryl methyl sites for hydroxylation is 2. The number of halogens is 2. The van der Waals surface area contributed by atoms with Gasteiger partial charge in [-0.3, -0.25) is 4.68 Å². The van der Waals surface area contributed by atoms with Gasteiger partial charge in [-0.15, -0.1) is 0 Å². The Morgan fingerprint density at radius 3 is 2.60 bits per heavy atom. The van der Waals surface area contributed by atoms with Crippen LogP contribution in [-0.2, 0) is 49.1 Å². The predicted molar refractivity (Wildman–Crippen MR) is 186 cm³/mol. The molecular formula is C39H37ClFN3O4. The highest BCUT2D eigenvalue weighted by Crippen LogP contribution is 2.43. The Hall–Kier alpha value is -4.66. The van der Waals surface area contributed by atoms with E-state index in [4.69, 9.17) is 30.9 Å². The number of nitrogens with zero attached hydrogens (tertiary/aromatic N) is 3. The predicted octanol–water partition coefficient (Wildman–Crippen LogP) is 8.82. The normalized spacial score (nSPS) is 12.9. The van der Waals surface area contributed by atoms with Gasteiger partial charge in [0.05, 0.1) is 42.7 Å². The SMILES string of the molecule is CCOC(=O)c1c(CCCOc2cccc3cc(F)ccc23)c2ccc(Cl)c3c2n1Cc1ccccc1COCc1nn(C)c(CC)c1-3. The molecule has 7 nitrogen and oxygen atoms in total. The van der Waals surface area contributed by atoms with Crippen molar-refractivity contribution in [3.05, 3.63) is 117 Å². The van der Waals surface area contributed by atoms with E-state index in [2.05, 4.69) is 23.6 Å². The van der Waals surface area contributed by atoms with Gasteiger partial charge in [0, 0.05) is 41.2 Å². The van der Waals surface area contributed by atoms with Crippen molar-refractivity contribution in [2.24, 2.45) is 7.05 Å². The molecule has 0 aliphatic carbocycles. The largest absolute Gasteiger partial charge is 0.493 e. The summed E-state index contributed by atoms with van der Waals surface area (Å²) in [6.45, 7) is 5.73. The second-order valence-electron chi connectivity index (χ2n) is 12.0. The first-order chi connectivity index (χ1) is 23.4. The van der Waals surface area contributed by atoms with Crippen LogP contribution in [0.3, 0.4) is 0 Å². The molecule has 0 fully saturated rings. The van der Waals surface area contributed by atoms with Crippen molar-refractivity contribution in [3.63, 3.8) is 0 Å². The molecular weight excluding hydrogens is 629 g/mol. The molecule has 1 aliphatic rings. The van der Waals surface area contributed by atoms with E-state index in [1.165, 1.54) is 12.1 Å². The van der Waals surface area contributed by atoms with Crippen molar-refractivity contribution in [1.29, 1.82) is 0 Å². The number of carbonyl (C=O) groups excluding carboxylic acids is 1. The van der Waals surface area contributed by atoms with Gasteiger partial charge in [-0.05, 0) is 78.6 Å². The number of hydrogen-bond donors (Lipinski definition) is 0. The summed E-state index contributed by atoms with van der Waals surface area (Å²) in [5.74, 6) is 0.0280. The first kappa shape index (κ1) is 31.9. The second-order valence-corrected chi connectivity index (χ2v) is 12.4. The Morgan fingerprint density at radius 2 is 1.79 bits per heavy atom. The van der Waals surface area contributed by atoms with Crippen molar-refractivity contribution in [1.82, 2.24) is 14.3 Å². The van der Waals surface area contributed by atoms with Gasteiger partial charge in [-0.2, -0.15) is 5.10 Å². The fraction of sp³-hybridized carbons (Fsp3) is 0.282. The van der Waals surface area contributed by atoms with Gasteiger partial charge in [0.1, 0.15) is 17.3 Å². The Balaban J connectivity index is 1.38.